The van der Waals surface area contributed by atoms with Gasteiger partial charge in [-0.05, 0) is 38.5 Å². The molecule has 1 unspecified atom stereocenters. The van der Waals surface area contributed by atoms with Gasteiger partial charge >= 0.3 is 0 Å². The topological polar surface area (TPSA) is 49.0 Å². The predicted molar refractivity (Wildman–Crippen MR) is 112 cm³/mol. The van der Waals surface area contributed by atoms with Crippen molar-refractivity contribution in [3.05, 3.63) is 77.6 Å². The third-order valence-corrected chi connectivity index (χ3v) is 5.44. The van der Waals surface area contributed by atoms with Gasteiger partial charge in [0.2, 0.25) is 5.91 Å². The Bertz CT molecular complexity index is 877. The van der Waals surface area contributed by atoms with E-state index < -0.39 is 0 Å². The summed E-state index contributed by atoms with van der Waals surface area (Å²) in [7, 11) is 0. The van der Waals surface area contributed by atoms with Crippen LogP contribution >= 0.6 is 11.8 Å². The van der Waals surface area contributed by atoms with E-state index in [0.717, 1.165) is 28.7 Å². The summed E-state index contributed by atoms with van der Waals surface area (Å²) in [4.78, 5) is 22.8. The number of aryl methyl sites for hydroxylation is 1. The van der Waals surface area contributed by atoms with Crippen molar-refractivity contribution in [2.24, 2.45) is 0 Å². The van der Waals surface area contributed by atoms with Gasteiger partial charge in [-0.25, -0.2) is 4.98 Å². The van der Waals surface area contributed by atoms with E-state index in [0.29, 0.717) is 6.54 Å². The maximum atomic E-state index is 12.9. The second kappa shape index (κ2) is 8.91. The maximum Gasteiger partial charge on any atom is 0.240 e. The van der Waals surface area contributed by atoms with Crippen LogP contribution in [0.4, 0.5) is 5.69 Å². The smallest absolute Gasteiger partial charge is 0.240 e. The lowest BCUT2D eigenvalue weighted by Crippen LogP contribution is -2.36. The summed E-state index contributed by atoms with van der Waals surface area (Å²) in [6.07, 6.45) is 0.789. The highest BCUT2D eigenvalue weighted by molar-refractivity contribution is 8.00. The highest BCUT2D eigenvalue weighted by Gasteiger charge is 2.23. The van der Waals surface area contributed by atoms with Gasteiger partial charge in [0.15, 0.2) is 5.16 Å². The Morgan fingerprint density at radius 1 is 1.11 bits per heavy atom. The Kier molecular flexibility index (Phi) is 6.35. The van der Waals surface area contributed by atoms with E-state index in [-0.39, 0.29) is 11.2 Å². The van der Waals surface area contributed by atoms with E-state index in [1.165, 1.54) is 17.3 Å². The molecule has 140 valence electrons. The molecule has 0 fully saturated rings. The molecule has 1 atom stereocenters. The first-order valence-corrected chi connectivity index (χ1v) is 10.1. The normalized spacial score (nSPS) is 12.0. The standard InChI is InChI=1S/C22H25N3OS/c1-4-25(19-13-9-6-10-14-19)21(26)17(3)27-22-23-16(2)20(24-22)15-18-11-7-5-8-12-18/h5-14,17H,4,15H2,1-3H3,(H,23,24). The van der Waals surface area contributed by atoms with Gasteiger partial charge in [-0.2, -0.15) is 0 Å². The molecule has 0 spiro atoms. The second-order valence-corrected chi connectivity index (χ2v) is 7.78. The Morgan fingerprint density at radius 3 is 2.37 bits per heavy atom. The van der Waals surface area contributed by atoms with Crippen molar-refractivity contribution >= 4 is 23.4 Å². The first-order chi connectivity index (χ1) is 13.1. The van der Waals surface area contributed by atoms with Crippen molar-refractivity contribution in [3.8, 4) is 0 Å². The molecule has 5 heteroatoms. The average molecular weight is 380 g/mol. The number of carbonyl (C=O) groups is 1. The SMILES string of the molecule is CCN(C(=O)C(C)Sc1nc(Cc2ccccc2)c(C)[nH]1)c1ccccc1. The summed E-state index contributed by atoms with van der Waals surface area (Å²) in [5.41, 5.74) is 4.24. The molecule has 27 heavy (non-hydrogen) atoms. The number of aromatic amines is 1. The molecule has 4 nitrogen and oxygen atoms in total. The first kappa shape index (κ1) is 19.2. The molecular formula is C22H25N3OS. The van der Waals surface area contributed by atoms with Crippen molar-refractivity contribution < 1.29 is 4.79 Å². The van der Waals surface area contributed by atoms with E-state index in [2.05, 4.69) is 17.1 Å². The molecule has 1 amide bonds. The third kappa shape index (κ3) is 4.80. The number of imidazole rings is 1. The van der Waals surface area contributed by atoms with Crippen LogP contribution in [-0.2, 0) is 11.2 Å². The number of nitrogens with one attached hydrogen (secondary N) is 1. The lowest BCUT2D eigenvalue weighted by Gasteiger charge is -2.23. The zero-order valence-corrected chi connectivity index (χ0v) is 16.8. The van der Waals surface area contributed by atoms with Crippen LogP contribution in [0.2, 0.25) is 0 Å². The number of nitrogens with zero attached hydrogens (tertiary/aromatic N) is 2. The van der Waals surface area contributed by atoms with E-state index in [4.69, 9.17) is 4.98 Å². The summed E-state index contributed by atoms with van der Waals surface area (Å²) in [5, 5.41) is 0.573. The molecule has 0 saturated carbocycles. The maximum absolute atomic E-state index is 12.9. The first-order valence-electron chi connectivity index (χ1n) is 9.21. The summed E-state index contributed by atoms with van der Waals surface area (Å²) in [5.74, 6) is 0.0902. The van der Waals surface area contributed by atoms with Crippen LogP contribution in [-0.4, -0.2) is 27.7 Å². The van der Waals surface area contributed by atoms with Crippen molar-refractivity contribution in [2.75, 3.05) is 11.4 Å². The van der Waals surface area contributed by atoms with Gasteiger partial charge in [0, 0.05) is 24.3 Å². The van der Waals surface area contributed by atoms with Crippen molar-refractivity contribution in [1.29, 1.82) is 0 Å². The molecule has 0 bridgehead atoms. The van der Waals surface area contributed by atoms with Crippen LogP contribution in [0.3, 0.4) is 0 Å². The minimum atomic E-state index is -0.222. The number of H-pyrrole nitrogens is 1. The Balaban J connectivity index is 1.69. The molecule has 0 radical (unpaired) electrons. The second-order valence-electron chi connectivity index (χ2n) is 6.45. The Labute approximate surface area is 165 Å². The Morgan fingerprint density at radius 2 is 1.74 bits per heavy atom. The molecule has 0 aliphatic carbocycles. The number of amides is 1. The number of thioether (sulfide) groups is 1. The Hall–Kier alpha value is -2.53. The molecule has 2 aromatic carbocycles. The molecule has 3 aromatic rings. The molecule has 3 rings (SSSR count). The molecule has 0 saturated heterocycles. The number of para-hydroxylation sites is 1. The molecule has 0 aliphatic rings. The summed E-state index contributed by atoms with van der Waals surface area (Å²) in [6, 6.07) is 20.1. The summed E-state index contributed by atoms with van der Waals surface area (Å²) >= 11 is 1.48. The van der Waals surface area contributed by atoms with Crippen molar-refractivity contribution in [3.63, 3.8) is 0 Å². The molecule has 1 N–H and O–H groups in total. The van der Waals surface area contributed by atoms with Crippen LogP contribution in [0.25, 0.3) is 0 Å². The molecule has 0 aliphatic heterocycles. The zero-order chi connectivity index (χ0) is 19.2. The van der Waals surface area contributed by atoms with Gasteiger partial charge in [-0.1, -0.05) is 60.3 Å². The lowest BCUT2D eigenvalue weighted by molar-refractivity contribution is -0.117. The molecule has 1 aromatic heterocycles. The predicted octanol–water partition coefficient (Wildman–Crippen LogP) is 4.84. The lowest BCUT2D eigenvalue weighted by atomic mass is 10.1. The van der Waals surface area contributed by atoms with Crippen LogP contribution in [0.1, 0.15) is 30.8 Å². The van der Waals surface area contributed by atoms with E-state index in [1.54, 1.807) is 0 Å². The summed E-state index contributed by atoms with van der Waals surface area (Å²) < 4.78 is 0. The van der Waals surface area contributed by atoms with Gasteiger partial charge in [0.1, 0.15) is 0 Å². The number of rotatable bonds is 7. The number of benzene rings is 2. The number of anilines is 1. The van der Waals surface area contributed by atoms with E-state index >= 15 is 0 Å². The van der Waals surface area contributed by atoms with Crippen LogP contribution < -0.4 is 4.90 Å². The fourth-order valence-corrected chi connectivity index (χ4v) is 3.93. The largest absolute Gasteiger partial charge is 0.337 e. The quantitative estimate of drug-likeness (QED) is 0.598. The minimum Gasteiger partial charge on any atom is -0.337 e. The van der Waals surface area contributed by atoms with Crippen molar-refractivity contribution in [1.82, 2.24) is 9.97 Å². The van der Waals surface area contributed by atoms with Crippen molar-refractivity contribution in [2.45, 2.75) is 37.6 Å². The van der Waals surface area contributed by atoms with Gasteiger partial charge in [0.05, 0.1) is 10.9 Å². The van der Waals surface area contributed by atoms with Gasteiger partial charge < -0.3 is 9.88 Å². The minimum absolute atomic E-state index is 0.0902. The number of hydrogen-bond acceptors (Lipinski definition) is 3. The highest BCUT2D eigenvalue weighted by atomic mass is 32.2. The number of aromatic nitrogens is 2. The monoisotopic (exact) mass is 379 g/mol. The fraction of sp³-hybridized carbons (Fsp3) is 0.273. The number of hydrogen-bond donors (Lipinski definition) is 1. The zero-order valence-electron chi connectivity index (χ0n) is 16.0. The van der Waals surface area contributed by atoms with E-state index in [9.17, 15) is 4.79 Å². The van der Waals surface area contributed by atoms with Gasteiger partial charge in [0.25, 0.3) is 0 Å². The average Bonchev–Trinajstić information content (AvgIpc) is 3.02. The summed E-state index contributed by atoms with van der Waals surface area (Å²) in [6.45, 7) is 6.61. The third-order valence-electron chi connectivity index (χ3n) is 4.46. The van der Waals surface area contributed by atoms with Gasteiger partial charge in [-0.3, -0.25) is 4.79 Å². The van der Waals surface area contributed by atoms with E-state index in [1.807, 2.05) is 74.2 Å². The number of carbonyl (C=O) groups excluding carboxylic acids is 1. The van der Waals surface area contributed by atoms with Crippen LogP contribution in [0.5, 0.6) is 0 Å². The molecular weight excluding hydrogens is 354 g/mol. The van der Waals surface area contributed by atoms with Gasteiger partial charge in [-0.15, -0.1) is 0 Å². The van der Waals surface area contributed by atoms with Crippen LogP contribution in [0, 0.1) is 6.92 Å². The highest BCUT2D eigenvalue weighted by Crippen LogP contribution is 2.26. The molecule has 1 heterocycles. The van der Waals surface area contributed by atoms with Crippen LogP contribution in [0.15, 0.2) is 65.8 Å². The fourth-order valence-electron chi connectivity index (χ4n) is 2.99.